The fourth-order valence-corrected chi connectivity index (χ4v) is 4.23. The van der Waals surface area contributed by atoms with E-state index in [2.05, 4.69) is 70.6 Å². The SMILES string of the molecule is Nc1nc2c(s1)CCN(CC=Cc1ccc(-c3ccccc3)cc1)CC2. The van der Waals surface area contributed by atoms with Crippen molar-refractivity contribution < 1.29 is 0 Å². The molecule has 0 aliphatic carbocycles. The van der Waals surface area contributed by atoms with E-state index in [1.807, 2.05) is 6.07 Å². The first-order valence-electron chi connectivity index (χ1n) is 9.06. The van der Waals surface area contributed by atoms with Gasteiger partial charge >= 0.3 is 0 Å². The molecule has 0 saturated carbocycles. The third-order valence-electron chi connectivity index (χ3n) is 4.81. The second-order valence-corrected chi connectivity index (χ2v) is 7.73. The van der Waals surface area contributed by atoms with Crippen LogP contribution in [0.3, 0.4) is 0 Å². The highest BCUT2D eigenvalue weighted by Gasteiger charge is 2.16. The number of benzene rings is 2. The molecule has 0 saturated heterocycles. The number of hydrogen-bond acceptors (Lipinski definition) is 4. The summed E-state index contributed by atoms with van der Waals surface area (Å²) >= 11 is 1.65. The number of fused-ring (bicyclic) bond motifs is 1. The molecule has 0 amide bonds. The van der Waals surface area contributed by atoms with Crippen molar-refractivity contribution in [2.75, 3.05) is 25.4 Å². The second kappa shape index (κ2) is 7.85. The maximum Gasteiger partial charge on any atom is 0.180 e. The first-order chi connectivity index (χ1) is 12.8. The van der Waals surface area contributed by atoms with E-state index in [-0.39, 0.29) is 0 Å². The summed E-state index contributed by atoms with van der Waals surface area (Å²) in [6.07, 6.45) is 6.54. The molecule has 2 N–H and O–H groups in total. The molecule has 3 aromatic rings. The van der Waals surface area contributed by atoms with E-state index in [0.29, 0.717) is 5.13 Å². The smallest absolute Gasteiger partial charge is 0.180 e. The van der Waals surface area contributed by atoms with Crippen molar-refractivity contribution in [3.8, 4) is 11.1 Å². The zero-order chi connectivity index (χ0) is 17.8. The number of nitrogens with zero attached hydrogens (tertiary/aromatic N) is 2. The van der Waals surface area contributed by atoms with Gasteiger partial charge in [-0.05, 0) is 23.1 Å². The van der Waals surface area contributed by atoms with Crippen molar-refractivity contribution in [3.05, 3.63) is 76.8 Å². The Morgan fingerprint density at radius 3 is 2.50 bits per heavy atom. The van der Waals surface area contributed by atoms with Crippen LogP contribution in [0.15, 0.2) is 60.7 Å². The van der Waals surface area contributed by atoms with Crippen LogP contribution in [0, 0.1) is 0 Å². The Bertz CT molecular complexity index is 856. The zero-order valence-electron chi connectivity index (χ0n) is 14.8. The molecule has 4 heteroatoms. The minimum Gasteiger partial charge on any atom is -0.375 e. The molecular weight excluding hydrogens is 338 g/mol. The number of hydrogen-bond donors (Lipinski definition) is 1. The van der Waals surface area contributed by atoms with Gasteiger partial charge in [-0.3, -0.25) is 4.90 Å². The van der Waals surface area contributed by atoms with Gasteiger partial charge in [-0.25, -0.2) is 4.98 Å². The van der Waals surface area contributed by atoms with Crippen LogP contribution in [0.4, 0.5) is 5.13 Å². The quantitative estimate of drug-likeness (QED) is 0.744. The molecule has 0 bridgehead atoms. The highest BCUT2D eigenvalue weighted by atomic mass is 32.1. The van der Waals surface area contributed by atoms with Crippen LogP contribution in [0.1, 0.15) is 16.1 Å². The number of thiazole rings is 1. The third-order valence-corrected chi connectivity index (χ3v) is 5.79. The molecule has 4 rings (SSSR count). The number of rotatable bonds is 4. The van der Waals surface area contributed by atoms with Crippen LogP contribution in [0.25, 0.3) is 17.2 Å². The molecule has 1 aromatic heterocycles. The molecule has 2 heterocycles. The van der Waals surface area contributed by atoms with Gasteiger partial charge in [0, 0.05) is 30.9 Å². The molecular formula is C22H23N3S. The van der Waals surface area contributed by atoms with Crippen molar-refractivity contribution >= 4 is 22.5 Å². The summed E-state index contributed by atoms with van der Waals surface area (Å²) in [6.45, 7) is 3.10. The summed E-state index contributed by atoms with van der Waals surface area (Å²) in [5.74, 6) is 0. The fraction of sp³-hybridized carbons (Fsp3) is 0.227. The standard InChI is InChI=1S/C22H23N3S/c23-22-24-20-12-15-25(16-13-21(20)26-22)14-4-5-17-8-10-19(11-9-17)18-6-2-1-3-7-18/h1-11H,12-16H2,(H2,23,24). The first-order valence-corrected chi connectivity index (χ1v) is 9.88. The van der Waals surface area contributed by atoms with E-state index < -0.39 is 0 Å². The zero-order valence-corrected chi connectivity index (χ0v) is 15.6. The van der Waals surface area contributed by atoms with Gasteiger partial charge in [0.15, 0.2) is 5.13 Å². The maximum atomic E-state index is 5.82. The summed E-state index contributed by atoms with van der Waals surface area (Å²) in [4.78, 5) is 8.31. The fourth-order valence-electron chi connectivity index (χ4n) is 3.37. The predicted molar refractivity (Wildman–Crippen MR) is 111 cm³/mol. The van der Waals surface area contributed by atoms with E-state index >= 15 is 0 Å². The van der Waals surface area contributed by atoms with E-state index in [0.717, 1.165) is 32.5 Å². The Labute approximate surface area is 158 Å². The minimum atomic E-state index is 0.710. The van der Waals surface area contributed by atoms with Gasteiger partial charge in [0.05, 0.1) is 5.69 Å². The van der Waals surface area contributed by atoms with Crippen molar-refractivity contribution in [1.29, 1.82) is 0 Å². The van der Waals surface area contributed by atoms with Gasteiger partial charge in [0.2, 0.25) is 0 Å². The van der Waals surface area contributed by atoms with E-state index in [9.17, 15) is 0 Å². The van der Waals surface area contributed by atoms with Crippen molar-refractivity contribution in [2.45, 2.75) is 12.8 Å². The molecule has 1 aliphatic rings. The Kier molecular flexibility index (Phi) is 5.14. The van der Waals surface area contributed by atoms with Crippen molar-refractivity contribution in [1.82, 2.24) is 9.88 Å². The van der Waals surface area contributed by atoms with Gasteiger partial charge in [-0.15, -0.1) is 11.3 Å². The number of nitrogen functional groups attached to an aromatic ring is 1. The lowest BCUT2D eigenvalue weighted by atomic mass is 10.0. The summed E-state index contributed by atoms with van der Waals surface area (Å²) in [5, 5.41) is 0.710. The van der Waals surface area contributed by atoms with Crippen LogP contribution in [-0.2, 0) is 12.8 Å². The molecule has 0 atom stereocenters. The summed E-state index contributed by atoms with van der Waals surface area (Å²) < 4.78 is 0. The maximum absolute atomic E-state index is 5.82. The predicted octanol–water partition coefficient (Wildman–Crippen LogP) is 4.51. The molecule has 0 radical (unpaired) electrons. The lowest BCUT2D eigenvalue weighted by molar-refractivity contribution is 0.318. The molecule has 132 valence electrons. The highest BCUT2D eigenvalue weighted by Crippen LogP contribution is 2.24. The minimum absolute atomic E-state index is 0.710. The average molecular weight is 362 g/mol. The van der Waals surface area contributed by atoms with Crippen LogP contribution < -0.4 is 5.73 Å². The van der Waals surface area contributed by atoms with Gasteiger partial charge in [0.25, 0.3) is 0 Å². The highest BCUT2D eigenvalue weighted by molar-refractivity contribution is 7.15. The summed E-state index contributed by atoms with van der Waals surface area (Å²) in [7, 11) is 0. The molecule has 1 aliphatic heterocycles. The van der Waals surface area contributed by atoms with Crippen LogP contribution in [-0.4, -0.2) is 29.5 Å². The average Bonchev–Trinajstić information content (AvgIpc) is 2.94. The van der Waals surface area contributed by atoms with Gasteiger partial charge in [-0.2, -0.15) is 0 Å². The summed E-state index contributed by atoms with van der Waals surface area (Å²) in [6, 6.07) is 19.2. The Hall–Kier alpha value is -2.43. The topological polar surface area (TPSA) is 42.1 Å². The number of nitrogens with two attached hydrogens (primary N) is 1. The largest absolute Gasteiger partial charge is 0.375 e. The van der Waals surface area contributed by atoms with Crippen LogP contribution >= 0.6 is 11.3 Å². The lowest BCUT2D eigenvalue weighted by Gasteiger charge is -2.17. The molecule has 0 spiro atoms. The monoisotopic (exact) mass is 361 g/mol. The Morgan fingerprint density at radius 1 is 0.962 bits per heavy atom. The molecule has 26 heavy (non-hydrogen) atoms. The van der Waals surface area contributed by atoms with E-state index in [4.69, 9.17) is 5.73 Å². The van der Waals surface area contributed by atoms with Crippen LogP contribution in [0.2, 0.25) is 0 Å². The van der Waals surface area contributed by atoms with E-state index in [1.165, 1.54) is 27.3 Å². The van der Waals surface area contributed by atoms with Gasteiger partial charge < -0.3 is 5.73 Å². The first kappa shape index (κ1) is 17.0. The summed E-state index contributed by atoms with van der Waals surface area (Å²) in [5.41, 5.74) is 10.8. The van der Waals surface area contributed by atoms with E-state index in [1.54, 1.807) is 11.3 Å². The van der Waals surface area contributed by atoms with Gasteiger partial charge in [0.1, 0.15) is 0 Å². The lowest BCUT2D eigenvalue weighted by Crippen LogP contribution is -2.26. The van der Waals surface area contributed by atoms with Gasteiger partial charge in [-0.1, -0.05) is 66.7 Å². The Morgan fingerprint density at radius 2 is 1.69 bits per heavy atom. The number of aromatic nitrogens is 1. The molecule has 0 fully saturated rings. The molecule has 2 aromatic carbocycles. The van der Waals surface area contributed by atoms with Crippen LogP contribution in [0.5, 0.6) is 0 Å². The molecule has 3 nitrogen and oxygen atoms in total. The number of anilines is 1. The Balaban J connectivity index is 1.33. The second-order valence-electron chi connectivity index (χ2n) is 6.61. The normalized spacial score (nSPS) is 15.1. The van der Waals surface area contributed by atoms with Crippen molar-refractivity contribution in [3.63, 3.8) is 0 Å². The molecule has 0 unspecified atom stereocenters. The third kappa shape index (κ3) is 4.03. The van der Waals surface area contributed by atoms with Crippen molar-refractivity contribution in [2.24, 2.45) is 0 Å².